The molecule has 2 aromatic rings. The molecule has 0 aliphatic carbocycles. The van der Waals surface area contributed by atoms with Gasteiger partial charge >= 0.3 is 23.9 Å². The van der Waals surface area contributed by atoms with Crippen molar-refractivity contribution in [1.82, 2.24) is 10.2 Å². The molecule has 16 heteroatoms. The minimum atomic E-state index is -1.28. The Bertz CT molecular complexity index is 1690. The Morgan fingerprint density at radius 3 is 1.96 bits per heavy atom. The number of thiocarbonyl (C=S) groups is 1. The Morgan fingerprint density at radius 2 is 1.37 bits per heavy atom. The van der Waals surface area contributed by atoms with Crippen LogP contribution in [-0.4, -0.2) is 113 Å². The van der Waals surface area contributed by atoms with Crippen molar-refractivity contribution < 1.29 is 62.5 Å². The molecule has 3 fully saturated rings. The number of likely N-dealkylation sites (tertiary alicyclic amines) is 1. The van der Waals surface area contributed by atoms with Crippen molar-refractivity contribution in [1.29, 1.82) is 0 Å². The van der Waals surface area contributed by atoms with Gasteiger partial charge in [0.15, 0.2) is 24.6 Å². The van der Waals surface area contributed by atoms with Crippen molar-refractivity contribution in [3.8, 4) is 0 Å². The third-order valence-corrected chi connectivity index (χ3v) is 10.8. The van der Waals surface area contributed by atoms with Gasteiger partial charge < -0.3 is 48.7 Å². The minimum Gasteiger partial charge on any atom is -0.463 e. The number of hydrogen-bond donors (Lipinski definition) is 3. The lowest BCUT2D eigenvalue weighted by atomic mass is 9.90. The van der Waals surface area contributed by atoms with Gasteiger partial charge in [-0.2, -0.15) is 0 Å². The summed E-state index contributed by atoms with van der Waals surface area (Å²) in [4.78, 5) is 50.8. The number of aliphatic hydroxyl groups is 2. The van der Waals surface area contributed by atoms with Gasteiger partial charge in [0, 0.05) is 64.7 Å². The average molecular weight is 815 g/mol. The molecular weight excluding hydrogens is 761 g/mol. The van der Waals surface area contributed by atoms with E-state index in [2.05, 4.69) is 17.1 Å². The minimum absolute atomic E-state index is 0.00744. The fraction of sp³-hybridized carbons (Fsp3) is 0.585. The first-order chi connectivity index (χ1) is 27.3. The number of esters is 4. The molecule has 15 nitrogen and oxygen atoms in total. The molecule has 5 rings (SSSR count). The van der Waals surface area contributed by atoms with Crippen LogP contribution in [0.5, 0.6) is 0 Å². The summed E-state index contributed by atoms with van der Waals surface area (Å²) >= 11 is 5.69. The molecule has 1 unspecified atom stereocenters. The Kier molecular flexibility index (Phi) is 15.9. The summed E-state index contributed by atoms with van der Waals surface area (Å²) < 4.78 is 41.2. The van der Waals surface area contributed by atoms with Crippen LogP contribution in [0.4, 0.5) is 0 Å². The predicted molar refractivity (Wildman–Crippen MR) is 207 cm³/mol. The van der Waals surface area contributed by atoms with E-state index in [-0.39, 0.29) is 50.4 Å². The second-order valence-electron chi connectivity index (χ2n) is 14.8. The molecule has 0 aromatic heterocycles. The highest BCUT2D eigenvalue weighted by Gasteiger charge is 2.52. The van der Waals surface area contributed by atoms with Crippen LogP contribution in [0, 0.1) is 5.92 Å². The van der Waals surface area contributed by atoms with Gasteiger partial charge in [0.1, 0.15) is 18.8 Å². The van der Waals surface area contributed by atoms with Gasteiger partial charge in [-0.25, -0.2) is 0 Å². The maximum Gasteiger partial charge on any atom is 0.303 e. The number of hydrogen-bond acceptors (Lipinski definition) is 15. The van der Waals surface area contributed by atoms with E-state index in [9.17, 15) is 29.4 Å². The third kappa shape index (κ3) is 12.0. The quantitative estimate of drug-likeness (QED) is 0.135. The van der Waals surface area contributed by atoms with Crippen LogP contribution in [0.3, 0.4) is 0 Å². The van der Waals surface area contributed by atoms with Crippen molar-refractivity contribution in [2.45, 2.75) is 122 Å². The van der Waals surface area contributed by atoms with E-state index in [1.165, 1.54) is 20.8 Å². The summed E-state index contributed by atoms with van der Waals surface area (Å²) in [6.45, 7) is 8.48. The number of ether oxygens (including phenoxy) is 7. The highest BCUT2D eigenvalue weighted by Crippen LogP contribution is 2.42. The zero-order valence-electron chi connectivity index (χ0n) is 33.0. The summed E-state index contributed by atoms with van der Waals surface area (Å²) in [6, 6.07) is 15.6. The third-order valence-electron chi connectivity index (χ3n) is 10.5. The largest absolute Gasteiger partial charge is 0.463 e. The van der Waals surface area contributed by atoms with Gasteiger partial charge in [-0.05, 0) is 36.1 Å². The van der Waals surface area contributed by atoms with E-state index in [1.54, 1.807) is 0 Å². The Morgan fingerprint density at radius 1 is 0.772 bits per heavy atom. The molecule has 0 amide bonds. The van der Waals surface area contributed by atoms with E-state index in [1.807, 2.05) is 48.5 Å². The van der Waals surface area contributed by atoms with Crippen LogP contribution in [0.2, 0.25) is 0 Å². The summed E-state index contributed by atoms with van der Waals surface area (Å²) in [7, 11) is 0. The number of nitrogens with zero attached hydrogens (tertiary/aromatic N) is 1. The van der Waals surface area contributed by atoms with Crippen molar-refractivity contribution in [2.24, 2.45) is 5.92 Å². The molecule has 10 atom stereocenters. The molecule has 3 aliphatic heterocycles. The molecule has 3 aliphatic rings. The molecule has 57 heavy (non-hydrogen) atoms. The standard InChI is InChI=1S/C41H54N2O13S/c1-23-34(19-43-16-6-7-32(43)21-45)55-41(56-37(23)30-12-10-29(20-44)11-13-30)31-14-8-28(9-15-31)18-42-36(57)17-33-38(51-25(3)47)40(53-27(5)49)39(52-26(4)48)35(54-33)22-50-24(2)46/h8-15,23,32-35,37-41,44-45H,6-7,16-22H2,1-5H3,(H,42,57)/t23-,32-,33-,34+,35+,37+,38-,39+,40+,41?/m0/s1. The van der Waals surface area contributed by atoms with Gasteiger partial charge in [0.2, 0.25) is 0 Å². The predicted octanol–water partition coefficient (Wildman–Crippen LogP) is 3.36. The molecule has 0 spiro atoms. The van der Waals surface area contributed by atoms with Crippen LogP contribution < -0.4 is 5.32 Å². The van der Waals surface area contributed by atoms with Crippen molar-refractivity contribution in [3.63, 3.8) is 0 Å². The molecular formula is C41H54N2O13S. The molecule has 3 N–H and O–H groups in total. The summed E-state index contributed by atoms with van der Waals surface area (Å²) in [6.07, 6.45) is -4.87. The van der Waals surface area contributed by atoms with Crippen LogP contribution in [0.15, 0.2) is 48.5 Å². The lowest BCUT2D eigenvalue weighted by Crippen LogP contribution is -2.62. The lowest BCUT2D eigenvalue weighted by molar-refractivity contribution is -0.276. The van der Waals surface area contributed by atoms with Gasteiger partial charge in [0.05, 0.1) is 30.4 Å². The zero-order chi connectivity index (χ0) is 41.2. The maximum atomic E-state index is 12.2. The van der Waals surface area contributed by atoms with Crippen LogP contribution >= 0.6 is 12.2 Å². The SMILES string of the molecule is CC(=O)OC[C@H]1O[C@@H](CC(=S)NCc2ccc(C3O[C@H](CN4CCC[C@H]4CO)[C@H](C)[C@H](c4ccc(CO)cc4)O3)cc2)[C@H](OC(C)=O)[C@@H](OC(C)=O)[C@@H]1OC(C)=O. The molecule has 0 bridgehead atoms. The van der Waals surface area contributed by atoms with E-state index in [0.717, 1.165) is 48.6 Å². The zero-order valence-corrected chi connectivity index (χ0v) is 33.8. The van der Waals surface area contributed by atoms with Crippen molar-refractivity contribution in [3.05, 3.63) is 70.8 Å². The highest BCUT2D eigenvalue weighted by molar-refractivity contribution is 7.80. The summed E-state index contributed by atoms with van der Waals surface area (Å²) in [5.41, 5.74) is 3.52. The van der Waals surface area contributed by atoms with Crippen molar-refractivity contribution >= 4 is 41.1 Å². The van der Waals surface area contributed by atoms with E-state index >= 15 is 0 Å². The fourth-order valence-corrected chi connectivity index (χ4v) is 7.87. The van der Waals surface area contributed by atoms with Crippen LogP contribution in [0.1, 0.15) is 88.5 Å². The normalized spacial score (nSPS) is 28.9. The van der Waals surface area contributed by atoms with Crippen LogP contribution in [0.25, 0.3) is 0 Å². The van der Waals surface area contributed by atoms with Gasteiger partial charge in [-0.1, -0.05) is 67.7 Å². The van der Waals surface area contributed by atoms with Gasteiger partial charge in [-0.3, -0.25) is 24.1 Å². The smallest absolute Gasteiger partial charge is 0.303 e. The highest BCUT2D eigenvalue weighted by atomic mass is 32.1. The first kappa shape index (κ1) is 44.1. The first-order valence-corrected chi connectivity index (χ1v) is 19.7. The van der Waals surface area contributed by atoms with E-state index in [0.29, 0.717) is 18.1 Å². The number of carbonyl (C=O) groups is 4. The number of carbonyl (C=O) groups excluding carboxylic acids is 4. The monoisotopic (exact) mass is 814 g/mol. The second-order valence-corrected chi connectivity index (χ2v) is 15.2. The van der Waals surface area contributed by atoms with E-state index < -0.39 is 60.7 Å². The molecule has 0 radical (unpaired) electrons. The topological polar surface area (TPSA) is 189 Å². The summed E-state index contributed by atoms with van der Waals surface area (Å²) in [5.74, 6) is -2.71. The Hall–Kier alpha value is -4.03. The van der Waals surface area contributed by atoms with Gasteiger partial charge in [0.25, 0.3) is 0 Å². The fourth-order valence-electron chi connectivity index (χ4n) is 7.63. The molecule has 2 aromatic carbocycles. The average Bonchev–Trinajstić information content (AvgIpc) is 3.63. The lowest BCUT2D eigenvalue weighted by Gasteiger charge is -2.44. The maximum absolute atomic E-state index is 12.2. The second kappa shape index (κ2) is 20.6. The number of rotatable bonds is 15. The molecule has 3 saturated heterocycles. The number of benzene rings is 2. The van der Waals surface area contributed by atoms with Gasteiger partial charge in [-0.15, -0.1) is 0 Å². The molecule has 0 saturated carbocycles. The van der Waals surface area contributed by atoms with E-state index in [4.69, 9.17) is 45.4 Å². The summed E-state index contributed by atoms with van der Waals surface area (Å²) in [5, 5.41) is 22.8. The Balaban J connectivity index is 1.28. The van der Waals surface area contributed by atoms with Crippen LogP contribution in [-0.2, 0) is 65.5 Å². The molecule has 312 valence electrons. The first-order valence-electron chi connectivity index (χ1n) is 19.3. The number of aliphatic hydroxyl groups excluding tert-OH is 2. The molecule has 3 heterocycles. The Labute approximate surface area is 338 Å². The van der Waals surface area contributed by atoms with Crippen molar-refractivity contribution in [2.75, 3.05) is 26.3 Å². The number of nitrogens with one attached hydrogen (secondary N) is 1.